The van der Waals surface area contributed by atoms with Crippen LogP contribution >= 0.6 is 0 Å². The lowest BCUT2D eigenvalue weighted by atomic mass is 10.1. The van der Waals surface area contributed by atoms with Gasteiger partial charge in [0.15, 0.2) is 0 Å². The number of sulfonamides is 1. The molecule has 1 N–H and O–H groups in total. The van der Waals surface area contributed by atoms with Crippen molar-refractivity contribution in [1.29, 1.82) is 0 Å². The van der Waals surface area contributed by atoms with E-state index in [0.717, 1.165) is 43.3 Å². The lowest BCUT2D eigenvalue weighted by Gasteiger charge is -2.28. The molecule has 1 aliphatic rings. The number of benzene rings is 2. The Hall–Kier alpha value is -1.96. The summed E-state index contributed by atoms with van der Waals surface area (Å²) in [4.78, 5) is 2.21. The molecule has 0 aliphatic carbocycles. The van der Waals surface area contributed by atoms with E-state index in [0.29, 0.717) is 0 Å². The summed E-state index contributed by atoms with van der Waals surface area (Å²) >= 11 is 0. The number of nitrogens with zero attached hydrogens (tertiary/aromatic N) is 1. The summed E-state index contributed by atoms with van der Waals surface area (Å²) in [6, 6.07) is 12.6. The summed E-state index contributed by atoms with van der Waals surface area (Å²) in [6.07, 6.45) is 2.20. The second-order valence-electron chi connectivity index (χ2n) is 6.34. The van der Waals surface area contributed by atoms with E-state index in [1.54, 1.807) is 7.11 Å². The van der Waals surface area contributed by atoms with Gasteiger partial charge >= 0.3 is 0 Å². The average Bonchev–Trinajstić information content (AvgIpc) is 3.17. The Balaban J connectivity index is 1.79. The summed E-state index contributed by atoms with van der Waals surface area (Å²) in [5.41, 5.74) is 1.02. The Kier molecular flexibility index (Phi) is 5.90. The van der Waals surface area contributed by atoms with Gasteiger partial charge in [0.2, 0.25) is 10.0 Å². The summed E-state index contributed by atoms with van der Waals surface area (Å²) in [6.45, 7) is 2.09. The van der Waals surface area contributed by atoms with Crippen LogP contribution in [0.1, 0.15) is 24.4 Å². The van der Waals surface area contributed by atoms with Gasteiger partial charge in [0, 0.05) is 12.6 Å². The van der Waals surface area contributed by atoms with Crippen LogP contribution in [-0.4, -0.2) is 40.1 Å². The number of nitrogens with one attached hydrogen (secondary N) is 1. The van der Waals surface area contributed by atoms with Gasteiger partial charge in [0.05, 0.1) is 12.0 Å². The third-order valence-electron chi connectivity index (χ3n) is 4.66. The minimum atomic E-state index is -3.77. The van der Waals surface area contributed by atoms with Crippen molar-refractivity contribution in [1.82, 2.24) is 9.62 Å². The van der Waals surface area contributed by atoms with E-state index < -0.39 is 15.8 Å². The van der Waals surface area contributed by atoms with Crippen molar-refractivity contribution in [2.45, 2.75) is 23.8 Å². The summed E-state index contributed by atoms with van der Waals surface area (Å²) < 4.78 is 46.2. The number of halogens is 1. The zero-order chi connectivity index (χ0) is 18.6. The second-order valence-corrected chi connectivity index (χ2v) is 8.11. The molecule has 1 saturated heterocycles. The summed E-state index contributed by atoms with van der Waals surface area (Å²) in [7, 11) is -2.16. The van der Waals surface area contributed by atoms with Crippen LogP contribution in [0.25, 0.3) is 0 Å². The van der Waals surface area contributed by atoms with Crippen LogP contribution in [0.15, 0.2) is 53.4 Å². The van der Waals surface area contributed by atoms with E-state index >= 15 is 0 Å². The van der Waals surface area contributed by atoms with E-state index in [2.05, 4.69) is 9.62 Å². The van der Waals surface area contributed by atoms with Crippen LogP contribution < -0.4 is 9.46 Å². The number of methoxy groups -OCH3 is 1. The van der Waals surface area contributed by atoms with E-state index in [9.17, 15) is 12.8 Å². The molecule has 1 heterocycles. The maximum Gasteiger partial charge on any atom is 0.240 e. The molecule has 0 aromatic heterocycles. The second kappa shape index (κ2) is 8.16. The van der Waals surface area contributed by atoms with Gasteiger partial charge in [0.25, 0.3) is 0 Å². The average molecular weight is 378 g/mol. The quantitative estimate of drug-likeness (QED) is 0.805. The molecule has 0 spiro atoms. The van der Waals surface area contributed by atoms with Crippen molar-refractivity contribution in [2.24, 2.45) is 0 Å². The van der Waals surface area contributed by atoms with Crippen LogP contribution in [0, 0.1) is 5.82 Å². The highest BCUT2D eigenvalue weighted by atomic mass is 32.2. The monoisotopic (exact) mass is 378 g/mol. The van der Waals surface area contributed by atoms with Gasteiger partial charge in [-0.3, -0.25) is 4.90 Å². The number of rotatable bonds is 7. The number of hydrogen-bond donors (Lipinski definition) is 1. The largest absolute Gasteiger partial charge is 0.497 e. The third kappa shape index (κ3) is 4.41. The molecule has 1 fully saturated rings. The zero-order valence-corrected chi connectivity index (χ0v) is 15.5. The third-order valence-corrected chi connectivity index (χ3v) is 6.08. The molecule has 1 atom stereocenters. The normalized spacial score (nSPS) is 16.5. The molecule has 1 aliphatic heterocycles. The molecule has 2 aromatic carbocycles. The smallest absolute Gasteiger partial charge is 0.240 e. The van der Waals surface area contributed by atoms with Crippen molar-refractivity contribution >= 4 is 10.0 Å². The Bertz CT molecular complexity index is 834. The predicted octanol–water partition coefficient (Wildman–Crippen LogP) is 2.95. The van der Waals surface area contributed by atoms with Crippen LogP contribution in [0.5, 0.6) is 5.75 Å². The molecule has 0 amide bonds. The van der Waals surface area contributed by atoms with Crippen LogP contribution in [-0.2, 0) is 10.0 Å². The van der Waals surface area contributed by atoms with Crippen molar-refractivity contribution in [3.8, 4) is 5.75 Å². The topological polar surface area (TPSA) is 58.6 Å². The molecule has 3 rings (SSSR count). The van der Waals surface area contributed by atoms with Crippen LogP contribution in [0.3, 0.4) is 0 Å². The first-order chi connectivity index (χ1) is 12.5. The van der Waals surface area contributed by atoms with Crippen LogP contribution in [0.4, 0.5) is 4.39 Å². The molecule has 7 heteroatoms. The summed E-state index contributed by atoms with van der Waals surface area (Å²) in [5, 5.41) is 0. The first-order valence-corrected chi connectivity index (χ1v) is 10.1. The fourth-order valence-electron chi connectivity index (χ4n) is 3.24. The lowest BCUT2D eigenvalue weighted by molar-refractivity contribution is 0.246. The fourth-order valence-corrected chi connectivity index (χ4v) is 4.31. The maximum absolute atomic E-state index is 13.4. The molecule has 0 saturated carbocycles. The Labute approximate surface area is 153 Å². The van der Waals surface area contributed by atoms with Crippen molar-refractivity contribution < 1.29 is 17.5 Å². The minimum absolute atomic E-state index is 0.0626. The first kappa shape index (κ1) is 18.8. The van der Waals surface area contributed by atoms with E-state index in [-0.39, 0.29) is 17.5 Å². The highest BCUT2D eigenvalue weighted by molar-refractivity contribution is 7.89. The lowest BCUT2D eigenvalue weighted by Crippen LogP contribution is -2.36. The SMILES string of the molecule is COc1ccc([C@@H](CNS(=O)(=O)c2cccc(F)c2)N2CCCC2)cc1. The molecule has 5 nitrogen and oxygen atoms in total. The molecular weight excluding hydrogens is 355 g/mol. The van der Waals surface area contributed by atoms with Gasteiger partial charge in [-0.2, -0.15) is 0 Å². The van der Waals surface area contributed by atoms with Crippen LogP contribution in [0.2, 0.25) is 0 Å². The molecule has 140 valence electrons. The fraction of sp³-hybridized carbons (Fsp3) is 0.368. The maximum atomic E-state index is 13.4. The number of likely N-dealkylation sites (tertiary alicyclic amines) is 1. The Morgan fingerprint density at radius 3 is 2.46 bits per heavy atom. The first-order valence-electron chi connectivity index (χ1n) is 8.63. The predicted molar refractivity (Wildman–Crippen MR) is 98.1 cm³/mol. The standard InChI is InChI=1S/C19H23FN2O3S/c1-25-17-9-7-15(8-10-17)19(22-11-2-3-12-22)14-21-26(23,24)18-6-4-5-16(20)13-18/h4-10,13,19,21H,2-3,11-12,14H2,1H3/t19-/m1/s1. The van der Waals surface area contributed by atoms with Crippen molar-refractivity contribution in [3.63, 3.8) is 0 Å². The summed E-state index contributed by atoms with van der Waals surface area (Å²) in [5.74, 6) is 0.188. The Morgan fingerprint density at radius 1 is 1.15 bits per heavy atom. The Morgan fingerprint density at radius 2 is 1.85 bits per heavy atom. The van der Waals surface area contributed by atoms with Gasteiger partial charge in [-0.1, -0.05) is 18.2 Å². The molecule has 26 heavy (non-hydrogen) atoms. The highest BCUT2D eigenvalue weighted by Gasteiger charge is 2.25. The number of ether oxygens (including phenoxy) is 1. The highest BCUT2D eigenvalue weighted by Crippen LogP contribution is 2.26. The molecule has 0 bridgehead atoms. The van der Waals surface area contributed by atoms with Crippen molar-refractivity contribution in [2.75, 3.05) is 26.7 Å². The van der Waals surface area contributed by atoms with Crippen molar-refractivity contribution in [3.05, 3.63) is 59.9 Å². The van der Waals surface area contributed by atoms with E-state index in [1.807, 2.05) is 24.3 Å². The van der Waals surface area contributed by atoms with E-state index in [4.69, 9.17) is 4.74 Å². The molecule has 2 aromatic rings. The van der Waals surface area contributed by atoms with Gasteiger partial charge in [-0.15, -0.1) is 0 Å². The zero-order valence-electron chi connectivity index (χ0n) is 14.7. The molecule has 0 radical (unpaired) electrons. The van der Waals surface area contributed by atoms with E-state index in [1.165, 1.54) is 18.2 Å². The number of hydrogen-bond acceptors (Lipinski definition) is 4. The molecule has 0 unspecified atom stereocenters. The van der Waals surface area contributed by atoms with Gasteiger partial charge in [-0.25, -0.2) is 17.5 Å². The molecular formula is C19H23FN2O3S. The van der Waals surface area contributed by atoms with Gasteiger partial charge < -0.3 is 4.74 Å². The van der Waals surface area contributed by atoms with Gasteiger partial charge in [-0.05, 0) is 61.8 Å². The van der Waals surface area contributed by atoms with Gasteiger partial charge in [0.1, 0.15) is 11.6 Å². The minimum Gasteiger partial charge on any atom is -0.497 e.